The minimum absolute atomic E-state index is 0.859. The van der Waals surface area contributed by atoms with E-state index in [9.17, 15) is 0 Å². The van der Waals surface area contributed by atoms with Crippen molar-refractivity contribution in [3.05, 3.63) is 72.4 Å². The summed E-state index contributed by atoms with van der Waals surface area (Å²) in [6.45, 7) is 2.15. The van der Waals surface area contributed by atoms with Crippen LogP contribution in [-0.2, 0) is 0 Å². The summed E-state index contributed by atoms with van der Waals surface area (Å²) >= 11 is 0. The van der Waals surface area contributed by atoms with Crippen molar-refractivity contribution in [1.82, 2.24) is 9.97 Å². The molecule has 0 atom stereocenters. The van der Waals surface area contributed by atoms with Gasteiger partial charge in [-0.15, -0.1) is 0 Å². The lowest BCUT2D eigenvalue weighted by molar-refractivity contribution is 0.415. The van der Waals surface area contributed by atoms with Gasteiger partial charge in [0.05, 0.1) is 18.3 Å². The molecule has 0 saturated carbocycles. The summed E-state index contributed by atoms with van der Waals surface area (Å²) in [7, 11) is 1.70. The first-order chi connectivity index (χ1) is 12.8. The Hall–Kier alpha value is -3.33. The fourth-order valence-electron chi connectivity index (χ4n) is 3.81. The quantitative estimate of drug-likeness (QED) is 0.438. The molecule has 0 fully saturated rings. The van der Waals surface area contributed by atoms with E-state index in [4.69, 9.17) is 9.72 Å². The van der Waals surface area contributed by atoms with Crippen molar-refractivity contribution in [3.63, 3.8) is 0 Å². The zero-order chi connectivity index (χ0) is 17.7. The summed E-state index contributed by atoms with van der Waals surface area (Å²) in [6, 6.07) is 21.0. The third-order valence-corrected chi connectivity index (χ3v) is 5.10. The molecule has 0 saturated heterocycles. The maximum atomic E-state index is 5.40. The zero-order valence-corrected chi connectivity index (χ0v) is 14.7. The largest absolute Gasteiger partial charge is 0.497 e. The predicted octanol–water partition coefficient (Wildman–Crippen LogP) is 5.85. The highest BCUT2D eigenvalue weighted by Crippen LogP contribution is 2.37. The van der Waals surface area contributed by atoms with Gasteiger partial charge in [-0.2, -0.15) is 0 Å². The van der Waals surface area contributed by atoms with Crippen LogP contribution in [0.1, 0.15) is 5.56 Å². The Morgan fingerprint density at radius 3 is 2.65 bits per heavy atom. The second-order valence-corrected chi connectivity index (χ2v) is 6.60. The van der Waals surface area contributed by atoms with E-state index in [1.54, 1.807) is 7.11 Å². The summed E-state index contributed by atoms with van der Waals surface area (Å²) in [6.07, 6.45) is 1.89. The molecule has 3 nitrogen and oxygen atoms in total. The number of fused-ring (bicyclic) bond motifs is 4. The van der Waals surface area contributed by atoms with Crippen LogP contribution in [0.5, 0.6) is 5.75 Å². The molecule has 2 heterocycles. The molecule has 26 heavy (non-hydrogen) atoms. The van der Waals surface area contributed by atoms with E-state index in [0.717, 1.165) is 33.2 Å². The lowest BCUT2D eigenvalue weighted by Gasteiger charge is -2.11. The van der Waals surface area contributed by atoms with Crippen LogP contribution in [0.25, 0.3) is 43.8 Å². The molecule has 126 valence electrons. The first kappa shape index (κ1) is 15.0. The average Bonchev–Trinajstić information content (AvgIpc) is 3.06. The lowest BCUT2D eigenvalue weighted by Crippen LogP contribution is -1.90. The molecule has 5 rings (SSSR count). The number of hydrogen-bond donors (Lipinski definition) is 1. The van der Waals surface area contributed by atoms with Gasteiger partial charge in [-0.25, -0.2) is 0 Å². The molecule has 5 aromatic rings. The maximum absolute atomic E-state index is 5.40. The molecule has 3 aromatic carbocycles. The lowest BCUT2D eigenvalue weighted by atomic mass is 9.96. The molecule has 1 N–H and O–H groups in total. The monoisotopic (exact) mass is 338 g/mol. The highest BCUT2D eigenvalue weighted by atomic mass is 16.5. The molecule has 0 spiro atoms. The standard InChI is InChI=1S/C23H18N2O/c1-14-7-8-15-5-3-4-6-17(15)21(14)23-22-18(11-12-24-23)19-13-16(26-2)9-10-20(19)25-22/h3-13,25H,1-2H3. The van der Waals surface area contributed by atoms with Crippen LogP contribution in [0.3, 0.4) is 0 Å². The summed E-state index contributed by atoms with van der Waals surface area (Å²) < 4.78 is 5.40. The van der Waals surface area contributed by atoms with Crippen LogP contribution in [0, 0.1) is 6.92 Å². The van der Waals surface area contributed by atoms with Crippen LogP contribution < -0.4 is 4.74 Å². The van der Waals surface area contributed by atoms with Gasteiger partial charge in [0.2, 0.25) is 0 Å². The number of hydrogen-bond acceptors (Lipinski definition) is 2. The van der Waals surface area contributed by atoms with E-state index in [0.29, 0.717) is 0 Å². The first-order valence-corrected chi connectivity index (χ1v) is 8.69. The Labute approximate surface area is 151 Å². The van der Waals surface area contributed by atoms with Gasteiger partial charge in [-0.05, 0) is 47.5 Å². The van der Waals surface area contributed by atoms with E-state index >= 15 is 0 Å². The molecule has 0 aliphatic rings. The Balaban J connectivity index is 1.90. The second-order valence-electron chi connectivity index (χ2n) is 6.60. The topological polar surface area (TPSA) is 37.9 Å². The zero-order valence-electron chi connectivity index (χ0n) is 14.7. The fraction of sp³-hybridized carbons (Fsp3) is 0.0870. The average molecular weight is 338 g/mol. The third kappa shape index (κ3) is 2.10. The van der Waals surface area contributed by atoms with Crippen LogP contribution in [0.15, 0.2) is 66.9 Å². The van der Waals surface area contributed by atoms with Gasteiger partial charge in [0.25, 0.3) is 0 Å². The van der Waals surface area contributed by atoms with Gasteiger partial charge < -0.3 is 9.72 Å². The molecular formula is C23H18N2O. The van der Waals surface area contributed by atoms with Crippen LogP contribution in [0.4, 0.5) is 0 Å². The van der Waals surface area contributed by atoms with Gasteiger partial charge in [0.15, 0.2) is 0 Å². The number of pyridine rings is 1. The van der Waals surface area contributed by atoms with Gasteiger partial charge in [0, 0.05) is 28.0 Å². The van der Waals surface area contributed by atoms with Crippen molar-refractivity contribution in [3.8, 4) is 17.0 Å². The van der Waals surface area contributed by atoms with Crippen molar-refractivity contribution in [2.24, 2.45) is 0 Å². The third-order valence-electron chi connectivity index (χ3n) is 5.10. The number of aryl methyl sites for hydroxylation is 1. The van der Waals surface area contributed by atoms with Crippen molar-refractivity contribution in [1.29, 1.82) is 0 Å². The number of ether oxygens (including phenoxy) is 1. The van der Waals surface area contributed by atoms with Crippen LogP contribution in [-0.4, -0.2) is 17.1 Å². The number of rotatable bonds is 2. The van der Waals surface area contributed by atoms with Crippen molar-refractivity contribution >= 4 is 32.6 Å². The molecule has 2 aromatic heterocycles. The van der Waals surface area contributed by atoms with E-state index in [-0.39, 0.29) is 0 Å². The van der Waals surface area contributed by atoms with Crippen molar-refractivity contribution in [2.75, 3.05) is 7.11 Å². The van der Waals surface area contributed by atoms with Gasteiger partial charge >= 0.3 is 0 Å². The Kier molecular flexibility index (Phi) is 3.22. The van der Waals surface area contributed by atoms with Gasteiger partial charge in [-0.1, -0.05) is 36.4 Å². The molecule has 0 amide bonds. The molecule has 0 unspecified atom stereocenters. The van der Waals surface area contributed by atoms with Gasteiger partial charge in [0.1, 0.15) is 5.75 Å². The summed E-state index contributed by atoms with van der Waals surface area (Å²) in [5, 5.41) is 4.77. The molecule has 0 aliphatic heterocycles. The Morgan fingerprint density at radius 1 is 0.885 bits per heavy atom. The van der Waals surface area contributed by atoms with E-state index in [1.807, 2.05) is 12.3 Å². The number of H-pyrrole nitrogens is 1. The molecule has 0 aliphatic carbocycles. The number of nitrogens with zero attached hydrogens (tertiary/aromatic N) is 1. The second kappa shape index (κ2) is 5.60. The Morgan fingerprint density at radius 2 is 1.77 bits per heavy atom. The van der Waals surface area contributed by atoms with Crippen molar-refractivity contribution < 1.29 is 4.74 Å². The van der Waals surface area contributed by atoms with Crippen molar-refractivity contribution in [2.45, 2.75) is 6.92 Å². The van der Waals surface area contributed by atoms with Crippen LogP contribution >= 0.6 is 0 Å². The summed E-state index contributed by atoms with van der Waals surface area (Å²) in [5.41, 5.74) is 5.56. The number of nitrogens with one attached hydrogen (secondary N) is 1. The highest BCUT2D eigenvalue weighted by Gasteiger charge is 2.15. The molecule has 0 bridgehead atoms. The first-order valence-electron chi connectivity index (χ1n) is 8.69. The number of aromatic amines is 1. The number of aromatic nitrogens is 2. The SMILES string of the molecule is COc1ccc2[nH]c3c(-c4c(C)ccc5ccccc45)nccc3c2c1. The minimum Gasteiger partial charge on any atom is -0.497 e. The maximum Gasteiger partial charge on any atom is 0.119 e. The highest BCUT2D eigenvalue weighted by molar-refractivity contribution is 6.13. The summed E-state index contributed by atoms with van der Waals surface area (Å²) in [4.78, 5) is 8.33. The molecule has 3 heteroatoms. The number of benzene rings is 3. The molecule has 0 radical (unpaired) electrons. The van der Waals surface area contributed by atoms with E-state index in [2.05, 4.69) is 66.5 Å². The molecular weight excluding hydrogens is 320 g/mol. The predicted molar refractivity (Wildman–Crippen MR) is 108 cm³/mol. The smallest absolute Gasteiger partial charge is 0.119 e. The fourth-order valence-corrected chi connectivity index (χ4v) is 3.81. The van der Waals surface area contributed by atoms with Crippen LogP contribution in [0.2, 0.25) is 0 Å². The normalized spacial score (nSPS) is 11.5. The number of methoxy groups -OCH3 is 1. The van der Waals surface area contributed by atoms with E-state index < -0.39 is 0 Å². The minimum atomic E-state index is 0.859. The van der Waals surface area contributed by atoms with Gasteiger partial charge in [-0.3, -0.25) is 4.98 Å². The van der Waals surface area contributed by atoms with E-state index in [1.165, 1.54) is 21.9 Å². The Bertz CT molecular complexity index is 1280. The summed E-state index contributed by atoms with van der Waals surface area (Å²) in [5.74, 6) is 0.859.